The van der Waals surface area contributed by atoms with Gasteiger partial charge in [0, 0.05) is 5.02 Å². The van der Waals surface area contributed by atoms with Crippen LogP contribution in [0.15, 0.2) is 36.4 Å². The topological polar surface area (TPSA) is 9.23 Å². The second kappa shape index (κ2) is 6.75. The van der Waals surface area contributed by atoms with E-state index in [1.165, 1.54) is 6.07 Å². The van der Waals surface area contributed by atoms with Crippen LogP contribution in [0, 0.1) is 13.8 Å². The van der Waals surface area contributed by atoms with Crippen molar-refractivity contribution in [2.45, 2.75) is 25.3 Å². The Morgan fingerprint density at radius 1 is 1.10 bits per heavy atom. The molecule has 5 heteroatoms. The molecule has 0 aliphatic rings. The first kappa shape index (κ1) is 16.2. The van der Waals surface area contributed by atoms with E-state index in [9.17, 15) is 8.78 Å². The quantitative estimate of drug-likeness (QED) is 0.592. The molecule has 1 unspecified atom stereocenters. The van der Waals surface area contributed by atoms with Gasteiger partial charge in [0.15, 0.2) is 0 Å². The fourth-order valence-corrected chi connectivity index (χ4v) is 3.10. The molecule has 0 fully saturated rings. The molecule has 2 aromatic rings. The summed E-state index contributed by atoms with van der Waals surface area (Å²) >= 11 is 9.72. The molecule has 0 spiro atoms. The molecule has 0 N–H and O–H groups in total. The van der Waals surface area contributed by atoms with Gasteiger partial charge in [0.05, 0.1) is 4.83 Å². The zero-order chi connectivity index (χ0) is 15.6. The van der Waals surface area contributed by atoms with E-state index in [-0.39, 0.29) is 10.6 Å². The standard InChI is InChI=1S/C16H14BrClF2O/c1-9-7-14(18)10(2)6-13(9)15(17)11-4-3-5-12(8-11)21-16(19)20/h3-8,15-16H,1-2H3. The lowest BCUT2D eigenvalue weighted by atomic mass is 9.98. The minimum Gasteiger partial charge on any atom is -0.435 e. The third-order valence-corrected chi connectivity index (χ3v) is 4.63. The summed E-state index contributed by atoms with van der Waals surface area (Å²) in [7, 11) is 0. The van der Waals surface area contributed by atoms with Crippen LogP contribution in [0.25, 0.3) is 0 Å². The normalized spacial score (nSPS) is 12.5. The first-order valence-electron chi connectivity index (χ1n) is 6.34. The molecule has 2 aromatic carbocycles. The number of alkyl halides is 3. The maximum absolute atomic E-state index is 12.3. The van der Waals surface area contributed by atoms with E-state index in [2.05, 4.69) is 20.7 Å². The van der Waals surface area contributed by atoms with Crippen molar-refractivity contribution < 1.29 is 13.5 Å². The van der Waals surface area contributed by atoms with Gasteiger partial charge in [0.25, 0.3) is 0 Å². The third kappa shape index (κ3) is 3.95. The van der Waals surface area contributed by atoms with E-state index in [1.54, 1.807) is 12.1 Å². The van der Waals surface area contributed by atoms with E-state index in [0.717, 1.165) is 22.3 Å². The molecule has 0 saturated carbocycles. The highest BCUT2D eigenvalue weighted by Gasteiger charge is 2.15. The fraction of sp³-hybridized carbons (Fsp3) is 0.250. The number of rotatable bonds is 4. The molecular weight excluding hydrogens is 362 g/mol. The van der Waals surface area contributed by atoms with Crippen LogP contribution in [-0.4, -0.2) is 6.61 Å². The van der Waals surface area contributed by atoms with Crippen molar-refractivity contribution in [3.63, 3.8) is 0 Å². The Bertz CT molecular complexity index is 646. The van der Waals surface area contributed by atoms with Gasteiger partial charge in [-0.3, -0.25) is 0 Å². The zero-order valence-electron chi connectivity index (χ0n) is 11.5. The van der Waals surface area contributed by atoms with Crippen molar-refractivity contribution in [2.24, 2.45) is 0 Å². The van der Waals surface area contributed by atoms with Crippen molar-refractivity contribution in [3.8, 4) is 5.75 Å². The van der Waals surface area contributed by atoms with Gasteiger partial charge in [-0.05, 0) is 54.3 Å². The number of ether oxygens (including phenoxy) is 1. The maximum Gasteiger partial charge on any atom is 0.387 e. The third-order valence-electron chi connectivity index (χ3n) is 3.20. The predicted octanol–water partition coefficient (Wildman–Crippen LogP) is 6.04. The molecule has 1 atom stereocenters. The molecular formula is C16H14BrClF2O. The Morgan fingerprint density at radius 3 is 2.48 bits per heavy atom. The van der Waals surface area contributed by atoms with E-state index >= 15 is 0 Å². The summed E-state index contributed by atoms with van der Waals surface area (Å²) in [6.45, 7) is 1.07. The van der Waals surface area contributed by atoms with Crippen molar-refractivity contribution in [1.29, 1.82) is 0 Å². The minimum atomic E-state index is -2.83. The van der Waals surface area contributed by atoms with Gasteiger partial charge < -0.3 is 4.74 Å². The second-order valence-corrected chi connectivity index (χ2v) is 6.09. The smallest absolute Gasteiger partial charge is 0.387 e. The van der Waals surface area contributed by atoms with Crippen LogP contribution in [0.4, 0.5) is 8.78 Å². The van der Waals surface area contributed by atoms with E-state index in [4.69, 9.17) is 11.6 Å². The first-order chi connectivity index (χ1) is 9.88. The molecule has 0 bridgehead atoms. The Kier molecular flexibility index (Phi) is 5.22. The number of benzene rings is 2. The Labute approximate surface area is 136 Å². The monoisotopic (exact) mass is 374 g/mol. The second-order valence-electron chi connectivity index (χ2n) is 4.77. The summed E-state index contributed by atoms with van der Waals surface area (Å²) in [6, 6.07) is 10.6. The molecule has 21 heavy (non-hydrogen) atoms. The molecule has 0 aliphatic carbocycles. The molecule has 0 heterocycles. The van der Waals surface area contributed by atoms with Crippen LogP contribution in [0.3, 0.4) is 0 Å². The van der Waals surface area contributed by atoms with Crippen molar-refractivity contribution in [3.05, 3.63) is 63.7 Å². The van der Waals surface area contributed by atoms with E-state index in [1.807, 2.05) is 32.0 Å². The van der Waals surface area contributed by atoms with Crippen LogP contribution in [0.5, 0.6) is 5.75 Å². The van der Waals surface area contributed by atoms with Gasteiger partial charge in [-0.15, -0.1) is 0 Å². The molecule has 0 saturated heterocycles. The number of halogens is 4. The van der Waals surface area contributed by atoms with Gasteiger partial charge in [0.2, 0.25) is 0 Å². The SMILES string of the molecule is Cc1cc(C(Br)c2cccc(OC(F)F)c2)c(C)cc1Cl. The zero-order valence-corrected chi connectivity index (χ0v) is 13.9. The molecule has 2 rings (SSSR count). The van der Waals surface area contributed by atoms with Gasteiger partial charge in [-0.25, -0.2) is 0 Å². The Balaban J connectivity index is 2.36. The van der Waals surface area contributed by atoms with Gasteiger partial charge in [-0.2, -0.15) is 8.78 Å². The van der Waals surface area contributed by atoms with E-state index < -0.39 is 6.61 Å². The average molecular weight is 376 g/mol. The predicted molar refractivity (Wildman–Crippen MR) is 84.8 cm³/mol. The lowest BCUT2D eigenvalue weighted by Crippen LogP contribution is -2.03. The summed E-state index contributed by atoms with van der Waals surface area (Å²) < 4.78 is 29.0. The molecule has 0 aromatic heterocycles. The Hall–Kier alpha value is -1.13. The van der Waals surface area contributed by atoms with Crippen LogP contribution < -0.4 is 4.74 Å². The van der Waals surface area contributed by atoms with Crippen molar-refractivity contribution >= 4 is 27.5 Å². The van der Waals surface area contributed by atoms with Crippen LogP contribution in [0.2, 0.25) is 5.02 Å². The van der Waals surface area contributed by atoms with E-state index in [0.29, 0.717) is 5.02 Å². The largest absolute Gasteiger partial charge is 0.435 e. The maximum atomic E-state index is 12.3. The summed E-state index contributed by atoms with van der Waals surface area (Å²) in [6.07, 6.45) is 0. The molecule has 0 aliphatic heterocycles. The Morgan fingerprint density at radius 2 is 1.81 bits per heavy atom. The number of hydrogen-bond acceptors (Lipinski definition) is 1. The molecule has 0 radical (unpaired) electrons. The highest BCUT2D eigenvalue weighted by Crippen LogP contribution is 2.36. The summed E-state index contributed by atoms with van der Waals surface area (Å²) in [5.74, 6) is 0.148. The van der Waals surface area contributed by atoms with Crippen molar-refractivity contribution in [2.75, 3.05) is 0 Å². The lowest BCUT2D eigenvalue weighted by Gasteiger charge is -2.16. The lowest BCUT2D eigenvalue weighted by molar-refractivity contribution is -0.0498. The average Bonchev–Trinajstić information content (AvgIpc) is 2.41. The van der Waals surface area contributed by atoms with Crippen molar-refractivity contribution in [1.82, 2.24) is 0 Å². The highest BCUT2D eigenvalue weighted by molar-refractivity contribution is 9.09. The minimum absolute atomic E-state index is 0.116. The van der Waals surface area contributed by atoms with Crippen LogP contribution in [-0.2, 0) is 0 Å². The fourth-order valence-electron chi connectivity index (χ4n) is 2.10. The molecule has 112 valence electrons. The highest BCUT2D eigenvalue weighted by atomic mass is 79.9. The van der Waals surface area contributed by atoms with Crippen LogP contribution in [0.1, 0.15) is 27.1 Å². The first-order valence-corrected chi connectivity index (χ1v) is 7.63. The van der Waals surface area contributed by atoms with Gasteiger partial charge >= 0.3 is 6.61 Å². The number of aryl methyl sites for hydroxylation is 2. The van der Waals surface area contributed by atoms with Gasteiger partial charge in [-0.1, -0.05) is 45.7 Å². The summed E-state index contributed by atoms with van der Waals surface area (Å²) in [5, 5.41) is 0.714. The summed E-state index contributed by atoms with van der Waals surface area (Å²) in [5.41, 5.74) is 3.90. The summed E-state index contributed by atoms with van der Waals surface area (Å²) in [4.78, 5) is -0.116. The van der Waals surface area contributed by atoms with Crippen LogP contribution >= 0.6 is 27.5 Å². The molecule has 0 amide bonds. The molecule has 1 nitrogen and oxygen atoms in total. The van der Waals surface area contributed by atoms with Gasteiger partial charge in [0.1, 0.15) is 5.75 Å². The number of hydrogen-bond donors (Lipinski definition) is 0.